The van der Waals surface area contributed by atoms with E-state index in [2.05, 4.69) is 0 Å². The van der Waals surface area contributed by atoms with Crippen LogP contribution in [0.5, 0.6) is 0 Å². The van der Waals surface area contributed by atoms with Crippen LogP contribution in [-0.4, -0.2) is 11.7 Å². The largest absolute Gasteiger partial charge is 0.419 e. The minimum Gasteiger partial charge on any atom is -0.396 e. The number of hydrogen-bond acceptors (Lipinski definition) is 1. The Morgan fingerprint density at radius 3 is 2.24 bits per heavy atom. The van der Waals surface area contributed by atoms with Crippen molar-refractivity contribution >= 4 is 11.6 Å². The van der Waals surface area contributed by atoms with Crippen LogP contribution in [0.15, 0.2) is 6.07 Å². The van der Waals surface area contributed by atoms with Gasteiger partial charge in [-0.05, 0) is 18.9 Å². The zero-order valence-corrected chi connectivity index (χ0v) is 9.17. The van der Waals surface area contributed by atoms with Gasteiger partial charge in [0.2, 0.25) is 0 Å². The van der Waals surface area contributed by atoms with E-state index in [1.807, 2.05) is 0 Å². The first-order chi connectivity index (χ1) is 7.79. The molecule has 0 bridgehead atoms. The van der Waals surface area contributed by atoms with Crippen LogP contribution in [0.2, 0.25) is 5.02 Å². The van der Waals surface area contributed by atoms with Gasteiger partial charge in [0, 0.05) is 17.2 Å². The Morgan fingerprint density at radius 2 is 1.76 bits per heavy atom. The van der Waals surface area contributed by atoms with E-state index >= 15 is 0 Å². The van der Waals surface area contributed by atoms with Crippen LogP contribution in [0.4, 0.5) is 22.0 Å². The molecule has 0 aliphatic rings. The number of benzene rings is 1. The standard InChI is InChI=1S/C10H8ClF5O/c11-7-4-6(10(14,15)16)9(13)8(12)5(7)2-1-3-17/h4,17H,1-3H2. The van der Waals surface area contributed by atoms with Crippen molar-refractivity contribution in [2.45, 2.75) is 19.0 Å². The van der Waals surface area contributed by atoms with Gasteiger partial charge in [0.15, 0.2) is 11.6 Å². The van der Waals surface area contributed by atoms with Crippen molar-refractivity contribution in [2.24, 2.45) is 0 Å². The monoisotopic (exact) mass is 274 g/mol. The first kappa shape index (κ1) is 14.2. The van der Waals surface area contributed by atoms with Crippen molar-refractivity contribution in [3.8, 4) is 0 Å². The summed E-state index contributed by atoms with van der Waals surface area (Å²) in [5.74, 6) is -3.58. The molecule has 0 aliphatic heterocycles. The van der Waals surface area contributed by atoms with Crippen molar-refractivity contribution in [3.05, 3.63) is 33.9 Å². The molecular weight excluding hydrogens is 267 g/mol. The van der Waals surface area contributed by atoms with E-state index in [0.717, 1.165) is 0 Å². The van der Waals surface area contributed by atoms with Gasteiger partial charge in [-0.3, -0.25) is 0 Å². The van der Waals surface area contributed by atoms with Gasteiger partial charge in [0.1, 0.15) is 0 Å². The molecule has 1 N–H and O–H groups in total. The summed E-state index contributed by atoms with van der Waals surface area (Å²) in [5.41, 5.74) is -2.08. The second kappa shape index (κ2) is 5.18. The molecule has 0 heterocycles. The predicted octanol–water partition coefficient (Wildman–Crippen LogP) is 3.56. The fourth-order valence-electron chi connectivity index (χ4n) is 1.32. The number of alkyl halides is 3. The Balaban J connectivity index is 3.27. The van der Waals surface area contributed by atoms with Gasteiger partial charge < -0.3 is 5.11 Å². The molecule has 0 saturated carbocycles. The molecule has 0 unspecified atom stereocenters. The van der Waals surface area contributed by atoms with Crippen molar-refractivity contribution in [1.29, 1.82) is 0 Å². The third kappa shape index (κ3) is 3.07. The zero-order valence-electron chi connectivity index (χ0n) is 8.41. The van der Waals surface area contributed by atoms with Crippen molar-refractivity contribution in [1.82, 2.24) is 0 Å². The fraction of sp³-hybridized carbons (Fsp3) is 0.400. The second-order valence-electron chi connectivity index (χ2n) is 3.34. The molecule has 17 heavy (non-hydrogen) atoms. The summed E-state index contributed by atoms with van der Waals surface area (Å²) in [6, 6.07) is 0.354. The zero-order chi connectivity index (χ0) is 13.2. The van der Waals surface area contributed by atoms with E-state index < -0.39 is 28.4 Å². The van der Waals surface area contributed by atoms with Gasteiger partial charge in [-0.25, -0.2) is 8.78 Å². The smallest absolute Gasteiger partial charge is 0.396 e. The van der Waals surface area contributed by atoms with Crippen LogP contribution in [0.25, 0.3) is 0 Å². The van der Waals surface area contributed by atoms with E-state index in [1.165, 1.54) is 0 Å². The number of halogens is 6. The number of aliphatic hydroxyl groups is 1. The molecule has 1 rings (SSSR count). The lowest BCUT2D eigenvalue weighted by Gasteiger charge is -2.12. The highest BCUT2D eigenvalue weighted by Gasteiger charge is 2.37. The number of rotatable bonds is 3. The van der Waals surface area contributed by atoms with E-state index in [4.69, 9.17) is 16.7 Å². The molecule has 7 heteroatoms. The quantitative estimate of drug-likeness (QED) is 0.660. The van der Waals surface area contributed by atoms with Crippen LogP contribution in [0.1, 0.15) is 17.5 Å². The first-order valence-electron chi connectivity index (χ1n) is 4.63. The third-order valence-electron chi connectivity index (χ3n) is 2.14. The molecule has 0 atom stereocenters. The van der Waals surface area contributed by atoms with Crippen molar-refractivity contribution in [2.75, 3.05) is 6.61 Å². The summed E-state index contributed by atoms with van der Waals surface area (Å²) in [6.45, 7) is -0.293. The molecule has 96 valence electrons. The second-order valence-corrected chi connectivity index (χ2v) is 3.74. The number of hydrogen-bond donors (Lipinski definition) is 1. The lowest BCUT2D eigenvalue weighted by molar-refractivity contribution is -0.140. The van der Waals surface area contributed by atoms with Crippen molar-refractivity contribution < 1.29 is 27.1 Å². The molecule has 0 radical (unpaired) electrons. The molecule has 0 aliphatic carbocycles. The van der Waals surface area contributed by atoms with Gasteiger partial charge in [0.25, 0.3) is 0 Å². The van der Waals surface area contributed by atoms with Crippen LogP contribution < -0.4 is 0 Å². The molecule has 0 fully saturated rings. The minimum absolute atomic E-state index is 0.0848. The first-order valence-corrected chi connectivity index (χ1v) is 5.01. The lowest BCUT2D eigenvalue weighted by Crippen LogP contribution is -2.12. The fourth-order valence-corrected chi connectivity index (χ4v) is 1.61. The molecule has 1 aromatic carbocycles. The predicted molar refractivity (Wildman–Crippen MR) is 51.8 cm³/mol. The van der Waals surface area contributed by atoms with Gasteiger partial charge in [-0.1, -0.05) is 11.6 Å². The molecular formula is C10H8ClF5O. The lowest BCUT2D eigenvalue weighted by atomic mass is 10.1. The normalized spacial score (nSPS) is 11.9. The maximum atomic E-state index is 13.3. The topological polar surface area (TPSA) is 20.2 Å². The average molecular weight is 275 g/mol. The summed E-state index contributed by atoms with van der Waals surface area (Å²) in [6.07, 6.45) is -5.04. The Bertz CT molecular complexity index is 416. The molecule has 1 nitrogen and oxygen atoms in total. The SMILES string of the molecule is OCCCc1c(Cl)cc(C(F)(F)F)c(F)c1F. The molecule has 0 spiro atoms. The number of aliphatic hydroxyl groups excluding tert-OH is 1. The highest BCUT2D eigenvalue weighted by atomic mass is 35.5. The Kier molecular flexibility index (Phi) is 4.32. The van der Waals surface area contributed by atoms with Crippen LogP contribution in [-0.2, 0) is 12.6 Å². The molecule has 0 aromatic heterocycles. The Labute approximate surface area is 98.8 Å². The summed E-state index contributed by atoms with van der Waals surface area (Å²) >= 11 is 5.46. The van der Waals surface area contributed by atoms with Gasteiger partial charge >= 0.3 is 6.18 Å². The third-order valence-corrected chi connectivity index (χ3v) is 2.48. The molecule has 1 aromatic rings. The van der Waals surface area contributed by atoms with Crippen LogP contribution >= 0.6 is 11.6 Å². The summed E-state index contributed by atoms with van der Waals surface area (Å²) < 4.78 is 63.3. The van der Waals surface area contributed by atoms with Crippen LogP contribution in [0.3, 0.4) is 0 Å². The van der Waals surface area contributed by atoms with Gasteiger partial charge in [-0.2, -0.15) is 13.2 Å². The van der Waals surface area contributed by atoms with Gasteiger partial charge in [0.05, 0.1) is 5.56 Å². The average Bonchev–Trinajstić information content (AvgIpc) is 2.22. The van der Waals surface area contributed by atoms with Crippen molar-refractivity contribution in [3.63, 3.8) is 0 Å². The summed E-state index contributed by atoms with van der Waals surface area (Å²) in [5, 5.41) is 8.03. The van der Waals surface area contributed by atoms with Gasteiger partial charge in [-0.15, -0.1) is 0 Å². The van der Waals surface area contributed by atoms with E-state index in [9.17, 15) is 22.0 Å². The molecule has 0 amide bonds. The minimum atomic E-state index is -5.00. The highest BCUT2D eigenvalue weighted by Crippen LogP contribution is 2.36. The maximum Gasteiger partial charge on any atom is 0.419 e. The maximum absolute atomic E-state index is 13.3. The molecule has 0 saturated heterocycles. The van der Waals surface area contributed by atoms with E-state index in [-0.39, 0.29) is 25.0 Å². The van der Waals surface area contributed by atoms with E-state index in [1.54, 1.807) is 0 Å². The van der Waals surface area contributed by atoms with Crippen LogP contribution in [0, 0.1) is 11.6 Å². The van der Waals surface area contributed by atoms with E-state index in [0.29, 0.717) is 6.07 Å². The Morgan fingerprint density at radius 1 is 1.18 bits per heavy atom. The highest BCUT2D eigenvalue weighted by molar-refractivity contribution is 6.31. The summed E-state index contributed by atoms with van der Waals surface area (Å²) in [7, 11) is 0. The Hall–Kier alpha value is -0.880. The summed E-state index contributed by atoms with van der Waals surface area (Å²) in [4.78, 5) is 0.